The maximum absolute atomic E-state index is 11.6. The number of phenols is 1. The third-order valence-corrected chi connectivity index (χ3v) is 2.80. The summed E-state index contributed by atoms with van der Waals surface area (Å²) >= 11 is 1.33. The predicted octanol–water partition coefficient (Wildman–Crippen LogP) is 1.73. The lowest BCUT2D eigenvalue weighted by Crippen LogP contribution is -2.14. The van der Waals surface area contributed by atoms with Crippen molar-refractivity contribution >= 4 is 22.4 Å². The second-order valence-corrected chi connectivity index (χ2v) is 4.70. The summed E-state index contributed by atoms with van der Waals surface area (Å²) in [5, 5.41) is 20.8. The molecule has 0 aliphatic rings. The van der Waals surface area contributed by atoms with Gasteiger partial charge in [-0.05, 0) is 24.6 Å². The van der Waals surface area contributed by atoms with Crippen molar-refractivity contribution < 1.29 is 9.90 Å². The van der Waals surface area contributed by atoms with Crippen LogP contribution in [0.2, 0.25) is 0 Å². The summed E-state index contributed by atoms with van der Waals surface area (Å²) in [6.07, 6.45) is 0.201. The lowest BCUT2D eigenvalue weighted by Gasteiger charge is -2.01. The van der Waals surface area contributed by atoms with Crippen LogP contribution in [0.3, 0.4) is 0 Å². The molecular weight excluding hydrogens is 238 g/mol. The summed E-state index contributed by atoms with van der Waals surface area (Å²) in [6.45, 7) is 1.82. The molecule has 5 nitrogen and oxygen atoms in total. The highest BCUT2D eigenvalue weighted by Crippen LogP contribution is 2.15. The number of hydrogen-bond donors (Lipinski definition) is 2. The first-order valence-corrected chi connectivity index (χ1v) is 5.83. The topological polar surface area (TPSA) is 75.1 Å². The molecule has 0 aliphatic carbocycles. The Balaban J connectivity index is 1.98. The number of benzene rings is 1. The highest BCUT2D eigenvalue weighted by atomic mass is 32.1. The highest BCUT2D eigenvalue weighted by molar-refractivity contribution is 7.15. The number of nitrogens with zero attached hydrogens (tertiary/aromatic N) is 2. The summed E-state index contributed by atoms with van der Waals surface area (Å²) in [4.78, 5) is 11.6. The number of carbonyl (C=O) groups is 1. The van der Waals surface area contributed by atoms with E-state index >= 15 is 0 Å². The normalized spacial score (nSPS) is 10.2. The molecule has 0 unspecified atom stereocenters. The molecule has 88 valence electrons. The summed E-state index contributed by atoms with van der Waals surface area (Å²) in [5.74, 6) is -0.0196. The van der Waals surface area contributed by atoms with Crippen LogP contribution in [-0.2, 0) is 11.2 Å². The molecule has 0 aliphatic heterocycles. The third-order valence-electron chi connectivity index (χ3n) is 2.05. The van der Waals surface area contributed by atoms with Gasteiger partial charge in [0.2, 0.25) is 11.0 Å². The van der Waals surface area contributed by atoms with Gasteiger partial charge in [-0.3, -0.25) is 4.79 Å². The van der Waals surface area contributed by atoms with E-state index in [1.54, 1.807) is 24.3 Å². The Bertz CT molecular complexity index is 539. The Kier molecular flexibility index (Phi) is 3.34. The van der Waals surface area contributed by atoms with E-state index in [0.717, 1.165) is 10.6 Å². The van der Waals surface area contributed by atoms with Gasteiger partial charge in [-0.1, -0.05) is 23.5 Å². The minimum Gasteiger partial charge on any atom is -0.508 e. The van der Waals surface area contributed by atoms with Gasteiger partial charge in [-0.25, -0.2) is 0 Å². The van der Waals surface area contributed by atoms with Crippen molar-refractivity contribution in [2.75, 3.05) is 5.32 Å². The summed E-state index contributed by atoms with van der Waals surface area (Å²) in [7, 11) is 0. The van der Waals surface area contributed by atoms with Crippen LogP contribution in [0.15, 0.2) is 24.3 Å². The lowest BCUT2D eigenvalue weighted by atomic mass is 10.1. The molecule has 2 rings (SSSR count). The monoisotopic (exact) mass is 249 g/mol. The SMILES string of the molecule is Cc1nnc(NC(=O)Cc2cccc(O)c2)s1. The van der Waals surface area contributed by atoms with Gasteiger partial charge in [-0.2, -0.15) is 0 Å². The van der Waals surface area contributed by atoms with Crippen LogP contribution in [0.1, 0.15) is 10.6 Å². The third kappa shape index (κ3) is 3.25. The van der Waals surface area contributed by atoms with Crippen LogP contribution < -0.4 is 5.32 Å². The molecular formula is C11H11N3O2S. The fraction of sp³-hybridized carbons (Fsp3) is 0.182. The highest BCUT2D eigenvalue weighted by Gasteiger charge is 2.07. The lowest BCUT2D eigenvalue weighted by molar-refractivity contribution is -0.115. The first kappa shape index (κ1) is 11.5. The van der Waals surface area contributed by atoms with E-state index in [2.05, 4.69) is 15.5 Å². The fourth-order valence-electron chi connectivity index (χ4n) is 1.36. The quantitative estimate of drug-likeness (QED) is 0.868. The van der Waals surface area contributed by atoms with Gasteiger partial charge >= 0.3 is 0 Å². The molecule has 0 atom stereocenters. The maximum atomic E-state index is 11.6. The van der Waals surface area contributed by atoms with Crippen LogP contribution in [0.4, 0.5) is 5.13 Å². The van der Waals surface area contributed by atoms with Crippen LogP contribution in [0.25, 0.3) is 0 Å². The second kappa shape index (κ2) is 4.92. The largest absolute Gasteiger partial charge is 0.508 e. The Morgan fingerprint density at radius 3 is 2.94 bits per heavy atom. The minimum atomic E-state index is -0.174. The maximum Gasteiger partial charge on any atom is 0.230 e. The number of hydrogen-bond acceptors (Lipinski definition) is 5. The molecule has 2 aromatic rings. The van der Waals surface area contributed by atoms with E-state index in [9.17, 15) is 9.90 Å². The standard InChI is InChI=1S/C11H11N3O2S/c1-7-13-14-11(17-7)12-10(16)6-8-3-2-4-9(15)5-8/h2-5,15H,6H2,1H3,(H,12,14,16). The number of aromatic nitrogens is 2. The zero-order valence-corrected chi connectivity index (χ0v) is 9.99. The van der Waals surface area contributed by atoms with Gasteiger partial charge in [0.15, 0.2) is 0 Å². The second-order valence-electron chi connectivity index (χ2n) is 3.52. The van der Waals surface area contributed by atoms with Gasteiger partial charge in [0.1, 0.15) is 10.8 Å². The average Bonchev–Trinajstić information content (AvgIpc) is 2.63. The first-order chi connectivity index (χ1) is 8.13. The van der Waals surface area contributed by atoms with Gasteiger partial charge in [0, 0.05) is 0 Å². The summed E-state index contributed by atoms with van der Waals surface area (Å²) < 4.78 is 0. The van der Waals surface area contributed by atoms with E-state index < -0.39 is 0 Å². The molecule has 0 saturated heterocycles. The Morgan fingerprint density at radius 2 is 2.29 bits per heavy atom. The zero-order valence-electron chi connectivity index (χ0n) is 9.17. The Hall–Kier alpha value is -1.95. The van der Waals surface area contributed by atoms with Crippen molar-refractivity contribution in [2.24, 2.45) is 0 Å². The smallest absolute Gasteiger partial charge is 0.230 e. The number of phenolic OH excluding ortho intramolecular Hbond substituents is 1. The van der Waals surface area contributed by atoms with Crippen LogP contribution in [0, 0.1) is 6.92 Å². The fourth-order valence-corrected chi connectivity index (χ4v) is 1.97. The number of anilines is 1. The van der Waals surface area contributed by atoms with Gasteiger partial charge in [0.25, 0.3) is 0 Å². The van der Waals surface area contributed by atoms with E-state index in [1.165, 1.54) is 11.3 Å². The molecule has 0 spiro atoms. The minimum absolute atomic E-state index is 0.155. The number of nitrogens with one attached hydrogen (secondary N) is 1. The first-order valence-electron chi connectivity index (χ1n) is 5.01. The van der Waals surface area contributed by atoms with E-state index in [1.807, 2.05) is 6.92 Å². The van der Waals surface area contributed by atoms with Crippen molar-refractivity contribution in [1.82, 2.24) is 10.2 Å². The number of carbonyl (C=O) groups excluding carboxylic acids is 1. The zero-order chi connectivity index (χ0) is 12.3. The molecule has 0 bridgehead atoms. The van der Waals surface area contributed by atoms with E-state index in [0.29, 0.717) is 5.13 Å². The average molecular weight is 249 g/mol. The van der Waals surface area contributed by atoms with E-state index in [4.69, 9.17) is 0 Å². The molecule has 1 amide bonds. The van der Waals surface area contributed by atoms with Gasteiger partial charge in [0.05, 0.1) is 6.42 Å². The number of aryl methyl sites for hydroxylation is 1. The summed E-state index contributed by atoms with van der Waals surface area (Å²) in [5.41, 5.74) is 0.753. The number of amides is 1. The Morgan fingerprint density at radius 1 is 1.47 bits per heavy atom. The molecule has 6 heteroatoms. The molecule has 1 aromatic heterocycles. The van der Waals surface area contributed by atoms with Crippen molar-refractivity contribution in [1.29, 1.82) is 0 Å². The van der Waals surface area contributed by atoms with Gasteiger partial charge in [-0.15, -0.1) is 10.2 Å². The van der Waals surface area contributed by atoms with Crippen molar-refractivity contribution in [2.45, 2.75) is 13.3 Å². The van der Waals surface area contributed by atoms with Crippen LogP contribution in [-0.4, -0.2) is 21.2 Å². The molecule has 1 aromatic carbocycles. The van der Waals surface area contributed by atoms with Gasteiger partial charge < -0.3 is 10.4 Å². The van der Waals surface area contributed by atoms with Crippen molar-refractivity contribution in [3.63, 3.8) is 0 Å². The molecule has 1 heterocycles. The Labute approximate surface area is 102 Å². The molecule has 0 fully saturated rings. The van der Waals surface area contributed by atoms with Crippen molar-refractivity contribution in [3.8, 4) is 5.75 Å². The number of rotatable bonds is 3. The molecule has 0 saturated carbocycles. The van der Waals surface area contributed by atoms with Crippen LogP contribution in [0.5, 0.6) is 5.75 Å². The van der Waals surface area contributed by atoms with Crippen molar-refractivity contribution in [3.05, 3.63) is 34.8 Å². The molecule has 17 heavy (non-hydrogen) atoms. The number of aromatic hydroxyl groups is 1. The molecule has 2 N–H and O–H groups in total. The predicted molar refractivity (Wildman–Crippen MR) is 65.1 cm³/mol. The molecule has 0 radical (unpaired) electrons. The van der Waals surface area contributed by atoms with Crippen LogP contribution >= 0.6 is 11.3 Å². The summed E-state index contributed by atoms with van der Waals surface area (Å²) in [6, 6.07) is 6.61. The van der Waals surface area contributed by atoms with E-state index in [-0.39, 0.29) is 18.1 Å².